The van der Waals surface area contributed by atoms with Crippen molar-refractivity contribution in [1.29, 1.82) is 0 Å². The standard InChI is InChI=1S/C16H15ClN2O2/c17-14-8-18-6-5-12(14)9-19-10-13(16(20)21)7-11-3-1-2-4-15(11)19/h1-6,8,13H,7,9-10H2,(H,20,21). The van der Waals surface area contributed by atoms with Crippen molar-refractivity contribution in [3.8, 4) is 0 Å². The number of fused-ring (bicyclic) bond motifs is 1. The molecule has 1 unspecified atom stereocenters. The Bertz CT molecular complexity index is 675. The number of hydrogen-bond acceptors (Lipinski definition) is 3. The first kappa shape index (κ1) is 13.9. The maximum Gasteiger partial charge on any atom is 0.308 e. The summed E-state index contributed by atoms with van der Waals surface area (Å²) in [7, 11) is 0. The molecule has 1 N–H and O–H groups in total. The molecule has 0 radical (unpaired) electrons. The number of halogens is 1. The highest BCUT2D eigenvalue weighted by Gasteiger charge is 2.29. The van der Waals surface area contributed by atoms with Crippen molar-refractivity contribution in [2.75, 3.05) is 11.4 Å². The molecule has 2 aromatic rings. The number of para-hydroxylation sites is 1. The second-order valence-electron chi connectivity index (χ2n) is 5.22. The summed E-state index contributed by atoms with van der Waals surface area (Å²) in [5.74, 6) is -1.14. The van der Waals surface area contributed by atoms with Gasteiger partial charge in [-0.05, 0) is 29.7 Å². The molecule has 5 heteroatoms. The summed E-state index contributed by atoms with van der Waals surface area (Å²) in [4.78, 5) is 17.4. The third-order valence-electron chi connectivity index (χ3n) is 3.81. The fourth-order valence-corrected chi connectivity index (χ4v) is 2.92. The van der Waals surface area contributed by atoms with Gasteiger partial charge in [-0.1, -0.05) is 29.8 Å². The zero-order valence-corrected chi connectivity index (χ0v) is 12.1. The van der Waals surface area contributed by atoms with Gasteiger partial charge in [-0.25, -0.2) is 0 Å². The van der Waals surface area contributed by atoms with E-state index < -0.39 is 5.97 Å². The van der Waals surface area contributed by atoms with Crippen LogP contribution in [0.15, 0.2) is 42.7 Å². The van der Waals surface area contributed by atoms with Crippen LogP contribution in [0, 0.1) is 5.92 Å². The van der Waals surface area contributed by atoms with Crippen molar-refractivity contribution < 1.29 is 9.90 Å². The number of aliphatic carboxylic acids is 1. The first-order chi connectivity index (χ1) is 10.1. The maximum absolute atomic E-state index is 11.4. The van der Waals surface area contributed by atoms with Gasteiger partial charge in [0.05, 0.1) is 10.9 Å². The molecule has 0 fully saturated rings. The first-order valence-corrected chi connectivity index (χ1v) is 7.17. The van der Waals surface area contributed by atoms with Crippen LogP contribution in [0.3, 0.4) is 0 Å². The number of nitrogens with zero attached hydrogens (tertiary/aromatic N) is 2. The lowest BCUT2D eigenvalue weighted by Gasteiger charge is -2.34. The van der Waals surface area contributed by atoms with Gasteiger partial charge in [0.2, 0.25) is 0 Å². The van der Waals surface area contributed by atoms with E-state index in [-0.39, 0.29) is 5.92 Å². The minimum absolute atomic E-state index is 0.388. The molecule has 0 saturated carbocycles. The maximum atomic E-state index is 11.4. The molecule has 21 heavy (non-hydrogen) atoms. The summed E-state index contributed by atoms with van der Waals surface area (Å²) >= 11 is 6.16. The summed E-state index contributed by atoms with van der Waals surface area (Å²) in [5, 5.41) is 9.94. The summed E-state index contributed by atoms with van der Waals surface area (Å²) in [5.41, 5.74) is 3.11. The Morgan fingerprint density at radius 2 is 2.19 bits per heavy atom. The molecule has 1 atom stereocenters. The van der Waals surface area contributed by atoms with Crippen molar-refractivity contribution in [2.24, 2.45) is 5.92 Å². The molecule has 0 spiro atoms. The van der Waals surface area contributed by atoms with Gasteiger partial charge in [0.1, 0.15) is 0 Å². The van der Waals surface area contributed by atoms with Crippen molar-refractivity contribution in [1.82, 2.24) is 4.98 Å². The molecule has 4 nitrogen and oxygen atoms in total. The summed E-state index contributed by atoms with van der Waals surface area (Å²) < 4.78 is 0. The topological polar surface area (TPSA) is 53.4 Å². The molecule has 0 aliphatic carbocycles. The molecule has 0 bridgehead atoms. The Hall–Kier alpha value is -2.07. The van der Waals surface area contributed by atoms with Crippen molar-refractivity contribution in [3.05, 3.63) is 58.9 Å². The second-order valence-corrected chi connectivity index (χ2v) is 5.62. The smallest absolute Gasteiger partial charge is 0.308 e. The zero-order valence-electron chi connectivity index (χ0n) is 11.4. The van der Waals surface area contributed by atoms with Gasteiger partial charge in [-0.3, -0.25) is 9.78 Å². The molecule has 3 rings (SSSR count). The Kier molecular flexibility index (Phi) is 3.80. The third kappa shape index (κ3) is 2.85. The van der Waals surface area contributed by atoms with Crippen molar-refractivity contribution >= 4 is 23.3 Å². The number of carboxylic acids is 1. The SMILES string of the molecule is O=C(O)C1Cc2ccccc2N(Cc2ccncc2Cl)C1. The second kappa shape index (κ2) is 5.74. The van der Waals surface area contributed by atoms with Gasteiger partial charge < -0.3 is 10.0 Å². The monoisotopic (exact) mass is 302 g/mol. The molecule has 1 aliphatic heterocycles. The number of carboxylic acid groups (broad SMARTS) is 1. The van der Waals surface area contributed by atoms with Crippen LogP contribution in [0.4, 0.5) is 5.69 Å². The van der Waals surface area contributed by atoms with E-state index in [2.05, 4.69) is 9.88 Å². The van der Waals surface area contributed by atoms with Gasteiger partial charge in [-0.15, -0.1) is 0 Å². The Labute approximate surface area is 128 Å². The van der Waals surface area contributed by atoms with Gasteiger partial charge in [0, 0.05) is 31.2 Å². The van der Waals surface area contributed by atoms with Crippen LogP contribution in [-0.2, 0) is 17.8 Å². The molecule has 1 aromatic heterocycles. The molecule has 108 valence electrons. The molecule has 1 aliphatic rings. The highest BCUT2D eigenvalue weighted by molar-refractivity contribution is 6.31. The third-order valence-corrected chi connectivity index (χ3v) is 4.15. The lowest BCUT2D eigenvalue weighted by atomic mass is 9.92. The van der Waals surface area contributed by atoms with Gasteiger partial charge in [-0.2, -0.15) is 0 Å². The van der Waals surface area contributed by atoms with Gasteiger partial charge in [0.25, 0.3) is 0 Å². The average molecular weight is 303 g/mol. The van der Waals surface area contributed by atoms with Crippen LogP contribution in [0.2, 0.25) is 5.02 Å². The molecular weight excluding hydrogens is 288 g/mol. The lowest BCUT2D eigenvalue weighted by Crippen LogP contribution is -2.38. The summed E-state index contributed by atoms with van der Waals surface area (Å²) in [6.45, 7) is 1.08. The predicted molar refractivity (Wildman–Crippen MR) is 81.6 cm³/mol. The van der Waals surface area contributed by atoms with Crippen LogP contribution in [-0.4, -0.2) is 22.6 Å². The molecule has 0 saturated heterocycles. The molecule has 2 heterocycles. The van der Waals surface area contributed by atoms with Crippen LogP contribution in [0.25, 0.3) is 0 Å². The minimum Gasteiger partial charge on any atom is -0.481 e. The Morgan fingerprint density at radius 1 is 1.38 bits per heavy atom. The van der Waals surface area contributed by atoms with Crippen LogP contribution >= 0.6 is 11.6 Å². The summed E-state index contributed by atoms with van der Waals surface area (Å²) in [6, 6.07) is 9.81. The van der Waals surface area contributed by atoms with E-state index in [1.54, 1.807) is 12.4 Å². The highest BCUT2D eigenvalue weighted by Crippen LogP contribution is 2.31. The zero-order chi connectivity index (χ0) is 14.8. The fourth-order valence-electron chi connectivity index (χ4n) is 2.74. The van der Waals surface area contributed by atoms with Gasteiger partial charge in [0.15, 0.2) is 0 Å². The lowest BCUT2D eigenvalue weighted by molar-refractivity contribution is -0.141. The highest BCUT2D eigenvalue weighted by atomic mass is 35.5. The largest absolute Gasteiger partial charge is 0.481 e. The first-order valence-electron chi connectivity index (χ1n) is 6.79. The number of pyridine rings is 1. The van der Waals surface area contributed by atoms with Crippen LogP contribution in [0.1, 0.15) is 11.1 Å². The number of carbonyl (C=O) groups is 1. The minimum atomic E-state index is -0.754. The Morgan fingerprint density at radius 3 is 2.95 bits per heavy atom. The Balaban J connectivity index is 1.93. The van der Waals surface area contributed by atoms with E-state index in [9.17, 15) is 9.90 Å². The quantitative estimate of drug-likeness (QED) is 0.947. The summed E-state index contributed by atoms with van der Waals surface area (Å²) in [6.07, 6.45) is 3.89. The van der Waals surface area contributed by atoms with Crippen molar-refractivity contribution in [2.45, 2.75) is 13.0 Å². The van der Waals surface area contributed by atoms with Crippen molar-refractivity contribution in [3.63, 3.8) is 0 Å². The molecule has 1 aromatic carbocycles. The van der Waals surface area contributed by atoms with E-state index >= 15 is 0 Å². The van der Waals surface area contributed by atoms with Gasteiger partial charge >= 0.3 is 5.97 Å². The number of anilines is 1. The fraction of sp³-hybridized carbons (Fsp3) is 0.250. The predicted octanol–water partition coefficient (Wildman–Crippen LogP) is 3.00. The number of rotatable bonds is 3. The van der Waals surface area contributed by atoms with E-state index in [0.717, 1.165) is 16.8 Å². The average Bonchev–Trinajstić information content (AvgIpc) is 2.49. The van der Waals surface area contributed by atoms with E-state index in [1.807, 2.05) is 30.3 Å². The molecule has 0 amide bonds. The number of benzene rings is 1. The van der Waals surface area contributed by atoms with E-state index in [0.29, 0.717) is 24.5 Å². The number of aromatic nitrogens is 1. The number of hydrogen-bond donors (Lipinski definition) is 1. The van der Waals surface area contributed by atoms with E-state index in [4.69, 9.17) is 11.6 Å². The van der Waals surface area contributed by atoms with Crippen LogP contribution < -0.4 is 4.90 Å². The van der Waals surface area contributed by atoms with E-state index in [1.165, 1.54) is 0 Å². The molecular formula is C16H15ClN2O2. The normalized spacial score (nSPS) is 17.4. The van der Waals surface area contributed by atoms with Crippen LogP contribution in [0.5, 0.6) is 0 Å².